The van der Waals surface area contributed by atoms with Gasteiger partial charge in [0.2, 0.25) is 10.0 Å². The maximum Gasteiger partial charge on any atom is 0.244 e. The summed E-state index contributed by atoms with van der Waals surface area (Å²) < 4.78 is 26.2. The minimum Gasteiger partial charge on any atom is -0.307 e. The van der Waals surface area contributed by atoms with E-state index in [4.69, 9.17) is 17.4 Å². The van der Waals surface area contributed by atoms with Gasteiger partial charge >= 0.3 is 0 Å². The summed E-state index contributed by atoms with van der Waals surface area (Å²) >= 11 is 5.91. The molecule has 0 aliphatic heterocycles. The number of pyridine rings is 1. The molecule has 1 heterocycles. The van der Waals surface area contributed by atoms with Gasteiger partial charge in [0.05, 0.1) is 5.02 Å². The van der Waals surface area contributed by atoms with Crippen molar-refractivity contribution in [3.05, 3.63) is 53.2 Å². The molecule has 0 bridgehead atoms. The lowest BCUT2D eigenvalue weighted by Gasteiger charge is -2.17. The van der Waals surface area contributed by atoms with Gasteiger partial charge in [0.25, 0.3) is 0 Å². The van der Waals surface area contributed by atoms with Gasteiger partial charge in [-0.1, -0.05) is 41.9 Å². The van der Waals surface area contributed by atoms with Gasteiger partial charge in [-0.25, -0.2) is 19.2 Å². The number of hydrogen-bond donors (Lipinski definition) is 2. The summed E-state index contributed by atoms with van der Waals surface area (Å²) in [5, 5.41) is 0.145. The highest BCUT2D eigenvalue weighted by molar-refractivity contribution is 7.89. The quantitative estimate of drug-likeness (QED) is 0.646. The normalized spacial score (nSPS) is 11.6. The van der Waals surface area contributed by atoms with Crippen molar-refractivity contribution in [3.8, 4) is 0 Å². The Morgan fingerprint density at radius 1 is 1.33 bits per heavy atom. The van der Waals surface area contributed by atoms with E-state index in [0.29, 0.717) is 0 Å². The first-order chi connectivity index (χ1) is 9.95. The number of benzene rings is 1. The third-order valence-corrected chi connectivity index (χ3v) is 4.97. The molecule has 0 unspecified atom stereocenters. The monoisotopic (exact) mass is 326 g/mol. The second kappa shape index (κ2) is 6.40. The fourth-order valence-corrected chi connectivity index (χ4v) is 3.19. The van der Waals surface area contributed by atoms with Crippen molar-refractivity contribution in [1.82, 2.24) is 9.29 Å². The van der Waals surface area contributed by atoms with Crippen LogP contribution in [0.3, 0.4) is 0 Å². The standard InChI is InChI=1S/C13H15ClN4O2S/c1-18(9-10-5-3-2-4-6-10)21(19,20)11-7-12(14)13(17-15)16-8-11/h2-8H,9,15H2,1H3,(H,16,17). The summed E-state index contributed by atoms with van der Waals surface area (Å²) in [5.41, 5.74) is 3.18. The van der Waals surface area contributed by atoms with Crippen LogP contribution in [-0.2, 0) is 16.6 Å². The number of sulfonamides is 1. The van der Waals surface area contributed by atoms with E-state index < -0.39 is 10.0 Å². The van der Waals surface area contributed by atoms with Crippen LogP contribution in [0, 0.1) is 0 Å². The molecule has 0 saturated carbocycles. The predicted octanol–water partition coefficient (Wildman–Crippen LogP) is 1.84. The molecule has 3 N–H and O–H groups in total. The van der Waals surface area contributed by atoms with Gasteiger partial charge in [0, 0.05) is 19.8 Å². The Labute approximate surface area is 128 Å². The molecule has 112 valence electrons. The van der Waals surface area contributed by atoms with Crippen molar-refractivity contribution in [1.29, 1.82) is 0 Å². The number of hydrazine groups is 1. The molecule has 21 heavy (non-hydrogen) atoms. The van der Waals surface area contributed by atoms with E-state index in [-0.39, 0.29) is 22.3 Å². The highest BCUT2D eigenvalue weighted by Crippen LogP contribution is 2.24. The van der Waals surface area contributed by atoms with Crippen molar-refractivity contribution in [2.45, 2.75) is 11.4 Å². The van der Waals surface area contributed by atoms with Crippen molar-refractivity contribution >= 4 is 27.4 Å². The van der Waals surface area contributed by atoms with Crippen LogP contribution in [-0.4, -0.2) is 24.8 Å². The molecule has 2 rings (SSSR count). The fraction of sp³-hybridized carbons (Fsp3) is 0.154. The third-order valence-electron chi connectivity index (χ3n) is 2.91. The highest BCUT2D eigenvalue weighted by Gasteiger charge is 2.22. The van der Waals surface area contributed by atoms with E-state index in [1.807, 2.05) is 30.3 Å². The fourth-order valence-electron chi connectivity index (χ4n) is 1.77. The average Bonchev–Trinajstić information content (AvgIpc) is 2.48. The zero-order chi connectivity index (χ0) is 15.5. The smallest absolute Gasteiger partial charge is 0.244 e. The van der Waals surface area contributed by atoms with E-state index >= 15 is 0 Å². The zero-order valence-electron chi connectivity index (χ0n) is 11.3. The van der Waals surface area contributed by atoms with Crippen molar-refractivity contribution < 1.29 is 8.42 Å². The van der Waals surface area contributed by atoms with Crippen LogP contribution in [0.2, 0.25) is 5.02 Å². The van der Waals surface area contributed by atoms with Crippen LogP contribution in [0.1, 0.15) is 5.56 Å². The number of aromatic nitrogens is 1. The SMILES string of the molecule is CN(Cc1ccccc1)S(=O)(=O)c1cnc(NN)c(Cl)c1. The Balaban J connectivity index is 2.27. The van der Waals surface area contributed by atoms with Crippen LogP contribution in [0.4, 0.5) is 5.82 Å². The average molecular weight is 327 g/mol. The van der Waals surface area contributed by atoms with Crippen molar-refractivity contribution in [2.24, 2.45) is 5.84 Å². The molecule has 1 aromatic carbocycles. The Morgan fingerprint density at radius 3 is 2.57 bits per heavy atom. The van der Waals surface area contributed by atoms with E-state index in [9.17, 15) is 8.42 Å². The van der Waals surface area contributed by atoms with Crippen LogP contribution >= 0.6 is 11.6 Å². The molecule has 0 amide bonds. The molecule has 0 saturated heterocycles. The Kier molecular flexibility index (Phi) is 4.79. The summed E-state index contributed by atoms with van der Waals surface area (Å²) in [5.74, 6) is 5.44. The van der Waals surface area contributed by atoms with Gasteiger partial charge in [-0.05, 0) is 11.6 Å². The number of nitrogens with two attached hydrogens (primary N) is 1. The molecular weight excluding hydrogens is 312 g/mol. The molecule has 1 aromatic heterocycles. The highest BCUT2D eigenvalue weighted by atomic mass is 35.5. The number of nitrogen functional groups attached to an aromatic ring is 1. The maximum absolute atomic E-state index is 12.5. The van der Waals surface area contributed by atoms with Gasteiger partial charge in [0.15, 0.2) is 5.82 Å². The van der Waals surface area contributed by atoms with Crippen LogP contribution in [0.5, 0.6) is 0 Å². The lowest BCUT2D eigenvalue weighted by Crippen LogP contribution is -2.26. The maximum atomic E-state index is 12.5. The van der Waals surface area contributed by atoms with Gasteiger partial charge in [-0.3, -0.25) is 0 Å². The van der Waals surface area contributed by atoms with Crippen molar-refractivity contribution in [2.75, 3.05) is 12.5 Å². The van der Waals surface area contributed by atoms with Gasteiger partial charge < -0.3 is 5.43 Å². The minimum absolute atomic E-state index is 0.0185. The number of halogens is 1. The first kappa shape index (κ1) is 15.7. The zero-order valence-corrected chi connectivity index (χ0v) is 12.9. The first-order valence-corrected chi connectivity index (χ1v) is 7.89. The van der Waals surface area contributed by atoms with Crippen LogP contribution < -0.4 is 11.3 Å². The van der Waals surface area contributed by atoms with Gasteiger partial charge in [-0.15, -0.1) is 0 Å². The predicted molar refractivity (Wildman–Crippen MR) is 82.2 cm³/mol. The third kappa shape index (κ3) is 3.51. The summed E-state index contributed by atoms with van der Waals surface area (Å²) in [7, 11) is -2.16. The molecule has 6 nitrogen and oxygen atoms in total. The Hall–Kier alpha value is -1.67. The first-order valence-electron chi connectivity index (χ1n) is 6.07. The molecule has 0 fully saturated rings. The van der Waals surface area contributed by atoms with Gasteiger partial charge in [0.1, 0.15) is 4.90 Å². The lowest BCUT2D eigenvalue weighted by molar-refractivity contribution is 0.466. The summed E-state index contributed by atoms with van der Waals surface area (Å²) in [4.78, 5) is 3.90. The summed E-state index contributed by atoms with van der Waals surface area (Å²) in [6.07, 6.45) is 1.22. The number of hydrogen-bond acceptors (Lipinski definition) is 5. The number of anilines is 1. The van der Waals surface area contributed by atoms with Gasteiger partial charge in [-0.2, -0.15) is 4.31 Å². The minimum atomic E-state index is -3.67. The summed E-state index contributed by atoms with van der Waals surface area (Å²) in [6, 6.07) is 10.6. The molecule has 0 radical (unpaired) electrons. The van der Waals surface area contributed by atoms with Crippen LogP contribution in [0.25, 0.3) is 0 Å². The van der Waals surface area contributed by atoms with E-state index in [0.717, 1.165) is 5.56 Å². The molecule has 0 atom stereocenters. The molecule has 8 heteroatoms. The van der Waals surface area contributed by atoms with E-state index in [1.165, 1.54) is 23.6 Å². The topological polar surface area (TPSA) is 88.3 Å². The number of nitrogens with zero attached hydrogens (tertiary/aromatic N) is 2. The summed E-state index contributed by atoms with van der Waals surface area (Å²) in [6.45, 7) is 0.262. The molecule has 0 aliphatic rings. The molecule has 2 aromatic rings. The van der Waals surface area contributed by atoms with E-state index in [1.54, 1.807) is 0 Å². The largest absolute Gasteiger partial charge is 0.307 e. The van der Waals surface area contributed by atoms with Crippen LogP contribution in [0.15, 0.2) is 47.5 Å². The Bertz CT molecular complexity index is 722. The molecule has 0 spiro atoms. The molecular formula is C13H15ClN4O2S. The van der Waals surface area contributed by atoms with Crippen molar-refractivity contribution in [3.63, 3.8) is 0 Å². The second-order valence-electron chi connectivity index (χ2n) is 4.39. The number of rotatable bonds is 5. The number of nitrogens with one attached hydrogen (secondary N) is 1. The molecule has 0 aliphatic carbocycles. The second-order valence-corrected chi connectivity index (χ2v) is 6.84. The lowest BCUT2D eigenvalue weighted by atomic mass is 10.2. The Morgan fingerprint density at radius 2 is 2.00 bits per heavy atom. The van der Waals surface area contributed by atoms with E-state index in [2.05, 4.69) is 10.4 Å².